The normalized spacial score (nSPS) is 9.76. The number of methoxy groups -OCH3 is 1. The van der Waals surface area contributed by atoms with Crippen LogP contribution in [-0.2, 0) is 9.53 Å². The van der Waals surface area contributed by atoms with Crippen LogP contribution in [0.1, 0.15) is 29.6 Å². The van der Waals surface area contributed by atoms with Gasteiger partial charge >= 0.3 is 5.97 Å². The van der Waals surface area contributed by atoms with Crippen molar-refractivity contribution in [2.45, 2.75) is 19.3 Å². The number of esters is 1. The summed E-state index contributed by atoms with van der Waals surface area (Å²) < 4.78 is 15.5. The van der Waals surface area contributed by atoms with Crippen molar-refractivity contribution in [3.63, 3.8) is 0 Å². The van der Waals surface area contributed by atoms with Crippen molar-refractivity contribution in [1.82, 2.24) is 0 Å². The highest BCUT2D eigenvalue weighted by molar-refractivity contribution is 5.79. The fourth-order valence-corrected chi connectivity index (χ4v) is 1.64. The molecule has 0 saturated carbocycles. The molecule has 1 rings (SSSR count). The molecular weight excluding hydrogens is 272 g/mol. The second-order valence-electron chi connectivity index (χ2n) is 4.30. The Morgan fingerprint density at radius 3 is 2.76 bits per heavy atom. The molecule has 0 aliphatic heterocycles. The van der Waals surface area contributed by atoms with Gasteiger partial charge in [0.1, 0.15) is 18.1 Å². The third-order valence-electron chi connectivity index (χ3n) is 2.74. The van der Waals surface area contributed by atoms with E-state index < -0.39 is 0 Å². The quantitative estimate of drug-likeness (QED) is 0.287. The first-order valence-electron chi connectivity index (χ1n) is 6.73. The lowest BCUT2D eigenvalue weighted by Crippen LogP contribution is -2.03. The van der Waals surface area contributed by atoms with Crippen molar-refractivity contribution >= 4 is 12.3 Å². The van der Waals surface area contributed by atoms with Gasteiger partial charge in [-0.25, -0.2) is 0 Å². The monoisotopic (exact) mass is 292 g/mol. The second kappa shape index (κ2) is 9.58. The zero-order valence-electron chi connectivity index (χ0n) is 12.2. The molecule has 1 aromatic carbocycles. The van der Waals surface area contributed by atoms with E-state index in [0.29, 0.717) is 43.1 Å². The first-order valence-corrected chi connectivity index (χ1v) is 6.73. The molecule has 0 saturated heterocycles. The molecular formula is C16H20O5. The average Bonchev–Trinajstić information content (AvgIpc) is 2.52. The molecule has 114 valence electrons. The molecule has 5 heteroatoms. The van der Waals surface area contributed by atoms with Crippen molar-refractivity contribution in [3.8, 4) is 11.5 Å². The summed E-state index contributed by atoms with van der Waals surface area (Å²) in [5.74, 6) is 0.875. The van der Waals surface area contributed by atoms with Crippen molar-refractivity contribution in [1.29, 1.82) is 0 Å². The van der Waals surface area contributed by atoms with Crippen LogP contribution in [-0.4, -0.2) is 32.6 Å². The summed E-state index contributed by atoms with van der Waals surface area (Å²) in [4.78, 5) is 21.8. The molecule has 0 bridgehead atoms. The van der Waals surface area contributed by atoms with Crippen molar-refractivity contribution < 1.29 is 23.8 Å². The summed E-state index contributed by atoms with van der Waals surface area (Å²) >= 11 is 0. The highest BCUT2D eigenvalue weighted by Gasteiger charge is 2.05. The van der Waals surface area contributed by atoms with Crippen molar-refractivity contribution in [3.05, 3.63) is 36.4 Å². The van der Waals surface area contributed by atoms with Gasteiger partial charge in [-0.1, -0.05) is 12.7 Å². The molecule has 21 heavy (non-hydrogen) atoms. The summed E-state index contributed by atoms with van der Waals surface area (Å²) in [6, 6.07) is 5.04. The molecule has 0 aliphatic carbocycles. The first kappa shape index (κ1) is 16.8. The summed E-state index contributed by atoms with van der Waals surface area (Å²) in [7, 11) is 1.37. The Morgan fingerprint density at radius 1 is 1.29 bits per heavy atom. The Kier molecular flexibility index (Phi) is 7.64. The van der Waals surface area contributed by atoms with E-state index in [1.54, 1.807) is 24.3 Å². The molecule has 0 radical (unpaired) electrons. The van der Waals surface area contributed by atoms with E-state index in [0.717, 1.165) is 12.7 Å². The number of rotatable bonds is 10. The number of aldehydes is 1. The minimum Gasteiger partial charge on any atom is -0.493 e. The fourth-order valence-electron chi connectivity index (χ4n) is 1.64. The molecule has 0 N–H and O–H groups in total. The smallest absolute Gasteiger partial charge is 0.305 e. The molecule has 1 aromatic rings. The van der Waals surface area contributed by atoms with Gasteiger partial charge in [-0.15, -0.1) is 0 Å². The molecule has 0 spiro atoms. The van der Waals surface area contributed by atoms with Gasteiger partial charge in [0, 0.05) is 12.5 Å². The third-order valence-corrected chi connectivity index (χ3v) is 2.74. The number of ether oxygens (including phenoxy) is 3. The van der Waals surface area contributed by atoms with Gasteiger partial charge in [0.25, 0.3) is 0 Å². The lowest BCUT2D eigenvalue weighted by molar-refractivity contribution is -0.140. The molecule has 0 unspecified atom stereocenters. The lowest BCUT2D eigenvalue weighted by Gasteiger charge is -2.10. The molecule has 0 atom stereocenters. The SMILES string of the molecule is C=CCOc1cc(OCCCCC(=O)OC)ccc1C=O. The van der Waals surface area contributed by atoms with E-state index in [2.05, 4.69) is 11.3 Å². The van der Waals surface area contributed by atoms with Gasteiger partial charge < -0.3 is 14.2 Å². The number of unbranched alkanes of at least 4 members (excludes halogenated alkanes) is 1. The van der Waals surface area contributed by atoms with Crippen LogP contribution in [0.3, 0.4) is 0 Å². The summed E-state index contributed by atoms with van der Waals surface area (Å²) in [5.41, 5.74) is 0.467. The average molecular weight is 292 g/mol. The Hall–Kier alpha value is -2.30. The van der Waals surface area contributed by atoms with Gasteiger partial charge in [-0.3, -0.25) is 9.59 Å². The highest BCUT2D eigenvalue weighted by Crippen LogP contribution is 2.24. The maximum absolute atomic E-state index is 10.9. The molecule has 0 aliphatic rings. The van der Waals surface area contributed by atoms with Crippen LogP contribution in [0.4, 0.5) is 0 Å². The minimum atomic E-state index is -0.217. The van der Waals surface area contributed by atoms with E-state index in [1.165, 1.54) is 7.11 Å². The topological polar surface area (TPSA) is 61.8 Å². The number of carbonyl (C=O) groups is 2. The van der Waals surface area contributed by atoms with Gasteiger partial charge in [0.15, 0.2) is 6.29 Å². The Morgan fingerprint density at radius 2 is 2.10 bits per heavy atom. The van der Waals surface area contributed by atoms with Gasteiger partial charge in [-0.05, 0) is 25.0 Å². The van der Waals surface area contributed by atoms with Crippen LogP contribution in [0, 0.1) is 0 Å². The van der Waals surface area contributed by atoms with E-state index >= 15 is 0 Å². The standard InChI is InChI=1S/C16H20O5/c1-3-9-21-15-11-14(8-7-13(15)12-17)20-10-5-4-6-16(18)19-2/h3,7-8,11-12H,1,4-6,9-10H2,2H3. The molecule has 0 amide bonds. The number of carbonyl (C=O) groups excluding carboxylic acids is 2. The van der Waals surface area contributed by atoms with Gasteiger partial charge in [0.05, 0.1) is 19.3 Å². The van der Waals surface area contributed by atoms with Crippen LogP contribution in [0.25, 0.3) is 0 Å². The summed E-state index contributed by atoms with van der Waals surface area (Å²) in [5, 5.41) is 0. The molecule has 0 fully saturated rings. The number of hydrogen-bond acceptors (Lipinski definition) is 5. The zero-order valence-corrected chi connectivity index (χ0v) is 12.2. The van der Waals surface area contributed by atoms with E-state index in [-0.39, 0.29) is 5.97 Å². The highest BCUT2D eigenvalue weighted by atomic mass is 16.5. The maximum atomic E-state index is 10.9. The van der Waals surface area contributed by atoms with Crippen LogP contribution in [0.15, 0.2) is 30.9 Å². The summed E-state index contributed by atoms with van der Waals surface area (Å²) in [6.45, 7) is 4.37. The Labute approximate surface area is 124 Å². The molecule has 0 heterocycles. The van der Waals surface area contributed by atoms with Crippen LogP contribution < -0.4 is 9.47 Å². The lowest BCUT2D eigenvalue weighted by atomic mass is 10.2. The minimum absolute atomic E-state index is 0.217. The van der Waals surface area contributed by atoms with E-state index in [4.69, 9.17) is 9.47 Å². The van der Waals surface area contributed by atoms with E-state index in [9.17, 15) is 9.59 Å². The Bertz CT molecular complexity index is 482. The Balaban J connectivity index is 2.46. The van der Waals surface area contributed by atoms with Crippen LogP contribution in [0.5, 0.6) is 11.5 Å². The number of hydrogen-bond donors (Lipinski definition) is 0. The molecule has 5 nitrogen and oxygen atoms in total. The predicted octanol–water partition coefficient (Wildman–Crippen LogP) is 2.79. The van der Waals surface area contributed by atoms with Crippen LogP contribution >= 0.6 is 0 Å². The fraction of sp³-hybridized carbons (Fsp3) is 0.375. The summed E-state index contributed by atoms with van der Waals surface area (Å²) in [6.07, 6.45) is 4.18. The second-order valence-corrected chi connectivity index (χ2v) is 4.30. The molecule has 0 aromatic heterocycles. The predicted molar refractivity (Wildman–Crippen MR) is 78.9 cm³/mol. The first-order chi connectivity index (χ1) is 10.2. The van der Waals surface area contributed by atoms with Crippen LogP contribution in [0.2, 0.25) is 0 Å². The van der Waals surface area contributed by atoms with Crippen molar-refractivity contribution in [2.24, 2.45) is 0 Å². The van der Waals surface area contributed by atoms with Gasteiger partial charge in [-0.2, -0.15) is 0 Å². The van der Waals surface area contributed by atoms with Gasteiger partial charge in [0.2, 0.25) is 0 Å². The van der Waals surface area contributed by atoms with E-state index in [1.807, 2.05) is 0 Å². The van der Waals surface area contributed by atoms with Crippen molar-refractivity contribution in [2.75, 3.05) is 20.3 Å². The third kappa shape index (κ3) is 6.12. The largest absolute Gasteiger partial charge is 0.493 e. The number of benzene rings is 1. The zero-order chi connectivity index (χ0) is 15.5. The maximum Gasteiger partial charge on any atom is 0.305 e.